The summed E-state index contributed by atoms with van der Waals surface area (Å²) in [6.45, 7) is 2.05. The van der Waals surface area contributed by atoms with E-state index in [0.29, 0.717) is 12.1 Å². The maximum Gasteiger partial charge on any atom is 0.107 e. The van der Waals surface area contributed by atoms with Gasteiger partial charge in [0.25, 0.3) is 0 Å². The highest BCUT2D eigenvalue weighted by atomic mass is 32.1. The lowest BCUT2D eigenvalue weighted by molar-refractivity contribution is 0.0229. The van der Waals surface area contributed by atoms with E-state index in [1.807, 2.05) is 11.3 Å². The maximum absolute atomic E-state index is 5.89. The summed E-state index contributed by atoms with van der Waals surface area (Å²) in [7, 11) is 0. The number of hydrogen-bond acceptors (Lipinski definition) is 3. The molecule has 0 saturated carbocycles. The molecule has 1 aromatic rings. The highest BCUT2D eigenvalue weighted by Gasteiger charge is 2.31. The molecule has 2 nitrogen and oxygen atoms in total. The van der Waals surface area contributed by atoms with Gasteiger partial charge in [0, 0.05) is 10.9 Å². The van der Waals surface area contributed by atoms with Crippen LogP contribution in [-0.2, 0) is 11.2 Å². The van der Waals surface area contributed by atoms with Gasteiger partial charge in [0.05, 0.1) is 6.61 Å². The van der Waals surface area contributed by atoms with Gasteiger partial charge in [-0.1, -0.05) is 0 Å². The van der Waals surface area contributed by atoms with Gasteiger partial charge in [0.15, 0.2) is 0 Å². The number of thiophene rings is 1. The summed E-state index contributed by atoms with van der Waals surface area (Å²) >= 11 is 1.86. The van der Waals surface area contributed by atoms with Crippen LogP contribution in [0.25, 0.3) is 0 Å². The first-order valence-electron chi connectivity index (χ1n) is 5.36. The molecule has 2 aliphatic heterocycles. The van der Waals surface area contributed by atoms with Crippen molar-refractivity contribution >= 4 is 11.3 Å². The van der Waals surface area contributed by atoms with E-state index < -0.39 is 0 Å². The number of fused-ring (bicyclic) bond motifs is 1. The number of nitrogens with one attached hydrogen (secondary N) is 1. The van der Waals surface area contributed by atoms with Crippen molar-refractivity contribution in [2.24, 2.45) is 0 Å². The van der Waals surface area contributed by atoms with Crippen molar-refractivity contribution in [2.75, 3.05) is 13.2 Å². The fraction of sp³-hybridized carbons (Fsp3) is 0.636. The molecular formula is C11H15NOS. The molecule has 1 unspecified atom stereocenters. The van der Waals surface area contributed by atoms with Crippen molar-refractivity contribution in [1.29, 1.82) is 0 Å². The van der Waals surface area contributed by atoms with Gasteiger partial charge in [-0.3, -0.25) is 0 Å². The lowest BCUT2D eigenvalue weighted by atomic mass is 10.0. The molecule has 1 N–H and O–H groups in total. The number of ether oxygens (including phenoxy) is 1. The average Bonchev–Trinajstić information content (AvgIpc) is 2.88. The van der Waals surface area contributed by atoms with Crippen LogP contribution in [0.5, 0.6) is 0 Å². The third-order valence-electron chi connectivity index (χ3n) is 3.17. The van der Waals surface area contributed by atoms with Crippen molar-refractivity contribution in [2.45, 2.75) is 31.4 Å². The molecule has 2 atom stereocenters. The SMILES string of the molecule is c1cc2c(s1)[C@@H](C1CCCN1)OCC2. The second kappa shape index (κ2) is 3.65. The zero-order chi connectivity index (χ0) is 9.38. The highest BCUT2D eigenvalue weighted by Crippen LogP contribution is 2.36. The monoisotopic (exact) mass is 209 g/mol. The zero-order valence-electron chi connectivity index (χ0n) is 8.16. The molecule has 0 amide bonds. The molecule has 2 aliphatic rings. The van der Waals surface area contributed by atoms with Crippen LogP contribution in [0.3, 0.4) is 0 Å². The van der Waals surface area contributed by atoms with E-state index in [4.69, 9.17) is 4.74 Å². The van der Waals surface area contributed by atoms with Crippen LogP contribution in [0.1, 0.15) is 29.4 Å². The fourth-order valence-corrected chi connectivity index (χ4v) is 3.51. The minimum Gasteiger partial charge on any atom is -0.371 e. The molecule has 14 heavy (non-hydrogen) atoms. The minimum atomic E-state index is 0.334. The van der Waals surface area contributed by atoms with E-state index in [9.17, 15) is 0 Å². The molecule has 0 aromatic carbocycles. The first kappa shape index (κ1) is 8.89. The van der Waals surface area contributed by atoms with Gasteiger partial charge in [-0.05, 0) is 42.8 Å². The standard InChI is InChI=1S/C11H15NOS/c1-2-9(12-5-1)10-11-8(3-6-13-10)4-7-14-11/h4,7,9-10,12H,1-3,5-6H2/t9?,10-/m1/s1. The Morgan fingerprint density at radius 3 is 3.36 bits per heavy atom. The Morgan fingerprint density at radius 1 is 1.50 bits per heavy atom. The molecule has 3 rings (SSSR count). The van der Waals surface area contributed by atoms with Crippen LogP contribution in [-0.4, -0.2) is 19.2 Å². The van der Waals surface area contributed by atoms with Gasteiger partial charge < -0.3 is 10.1 Å². The molecule has 1 saturated heterocycles. The molecule has 76 valence electrons. The summed E-state index contributed by atoms with van der Waals surface area (Å²) in [5.41, 5.74) is 1.51. The number of rotatable bonds is 1. The van der Waals surface area contributed by atoms with Gasteiger partial charge in [-0.15, -0.1) is 11.3 Å². The third-order valence-corrected chi connectivity index (χ3v) is 4.19. The molecule has 0 aliphatic carbocycles. The zero-order valence-corrected chi connectivity index (χ0v) is 8.98. The summed E-state index contributed by atoms with van der Waals surface area (Å²) in [6, 6.07) is 2.82. The summed E-state index contributed by atoms with van der Waals surface area (Å²) in [4.78, 5) is 1.47. The molecule has 0 bridgehead atoms. The van der Waals surface area contributed by atoms with Gasteiger partial charge in [0.1, 0.15) is 6.10 Å². The highest BCUT2D eigenvalue weighted by molar-refractivity contribution is 7.10. The van der Waals surface area contributed by atoms with Crippen molar-refractivity contribution in [3.05, 3.63) is 21.9 Å². The van der Waals surface area contributed by atoms with Gasteiger partial charge in [0.2, 0.25) is 0 Å². The lowest BCUT2D eigenvalue weighted by Gasteiger charge is -2.28. The van der Waals surface area contributed by atoms with Crippen LogP contribution in [0, 0.1) is 0 Å². The number of hydrogen-bond donors (Lipinski definition) is 1. The Morgan fingerprint density at radius 2 is 2.50 bits per heavy atom. The minimum absolute atomic E-state index is 0.334. The van der Waals surface area contributed by atoms with E-state index in [2.05, 4.69) is 16.8 Å². The average molecular weight is 209 g/mol. The molecule has 0 spiro atoms. The Labute approximate surface area is 88.3 Å². The Bertz CT molecular complexity index is 317. The second-order valence-corrected chi connectivity index (χ2v) is 5.00. The first-order valence-corrected chi connectivity index (χ1v) is 6.24. The van der Waals surface area contributed by atoms with E-state index >= 15 is 0 Å². The molecule has 3 heterocycles. The Kier molecular flexibility index (Phi) is 2.32. The largest absolute Gasteiger partial charge is 0.371 e. The van der Waals surface area contributed by atoms with Gasteiger partial charge in [-0.2, -0.15) is 0 Å². The molecule has 0 radical (unpaired) electrons. The first-order chi connectivity index (χ1) is 6.95. The van der Waals surface area contributed by atoms with E-state index in [-0.39, 0.29) is 0 Å². The van der Waals surface area contributed by atoms with Gasteiger partial charge in [-0.25, -0.2) is 0 Å². The van der Waals surface area contributed by atoms with Crippen LogP contribution in [0.4, 0.5) is 0 Å². The molecule has 1 fully saturated rings. The topological polar surface area (TPSA) is 21.3 Å². The summed E-state index contributed by atoms with van der Waals surface area (Å²) in [5, 5.41) is 5.73. The predicted octanol–water partition coefficient (Wildman–Crippen LogP) is 2.11. The van der Waals surface area contributed by atoms with Crippen LogP contribution >= 0.6 is 11.3 Å². The van der Waals surface area contributed by atoms with Gasteiger partial charge >= 0.3 is 0 Å². The molecule has 3 heteroatoms. The van der Waals surface area contributed by atoms with Crippen molar-refractivity contribution in [3.8, 4) is 0 Å². The molecular weight excluding hydrogens is 194 g/mol. The lowest BCUT2D eigenvalue weighted by Crippen LogP contribution is -2.32. The Hall–Kier alpha value is -0.380. The van der Waals surface area contributed by atoms with E-state index in [1.54, 1.807) is 0 Å². The van der Waals surface area contributed by atoms with Crippen LogP contribution < -0.4 is 5.32 Å². The molecule has 1 aromatic heterocycles. The fourth-order valence-electron chi connectivity index (χ4n) is 2.44. The van der Waals surface area contributed by atoms with Crippen LogP contribution in [0.2, 0.25) is 0 Å². The Balaban J connectivity index is 1.88. The van der Waals surface area contributed by atoms with Crippen molar-refractivity contribution in [3.63, 3.8) is 0 Å². The summed E-state index contributed by atoms with van der Waals surface area (Å²) in [6.07, 6.45) is 4.00. The van der Waals surface area contributed by atoms with E-state index in [0.717, 1.165) is 19.6 Å². The summed E-state index contributed by atoms with van der Waals surface area (Å²) in [5.74, 6) is 0. The normalized spacial score (nSPS) is 31.7. The smallest absolute Gasteiger partial charge is 0.107 e. The third kappa shape index (κ3) is 1.40. The maximum atomic E-state index is 5.89. The van der Waals surface area contributed by atoms with E-state index in [1.165, 1.54) is 23.3 Å². The second-order valence-electron chi connectivity index (χ2n) is 4.05. The summed E-state index contributed by atoms with van der Waals surface area (Å²) < 4.78 is 5.89. The van der Waals surface area contributed by atoms with Crippen molar-refractivity contribution in [1.82, 2.24) is 5.32 Å². The quantitative estimate of drug-likeness (QED) is 0.765. The van der Waals surface area contributed by atoms with Crippen molar-refractivity contribution < 1.29 is 4.74 Å². The van der Waals surface area contributed by atoms with Crippen LogP contribution in [0.15, 0.2) is 11.4 Å². The predicted molar refractivity (Wildman–Crippen MR) is 57.7 cm³/mol.